The van der Waals surface area contributed by atoms with Crippen LogP contribution >= 0.6 is 0 Å². The van der Waals surface area contributed by atoms with Gasteiger partial charge in [0.1, 0.15) is 6.20 Å². The third-order valence-electron chi connectivity index (χ3n) is 3.46. The molecule has 0 aromatic carbocycles. The summed E-state index contributed by atoms with van der Waals surface area (Å²) in [6.45, 7) is 5.23. The van der Waals surface area contributed by atoms with Gasteiger partial charge in [0.05, 0.1) is 16.2 Å². The second kappa shape index (κ2) is 5.34. The second-order valence-electron chi connectivity index (χ2n) is 5.08. The van der Waals surface area contributed by atoms with Crippen molar-refractivity contribution in [3.05, 3.63) is 33.6 Å². The summed E-state index contributed by atoms with van der Waals surface area (Å²) in [4.78, 5) is 28.3. The number of pyridine rings is 1. The lowest BCUT2D eigenvalue weighted by molar-refractivity contribution is -0.385. The number of aromatic nitrogens is 1. The lowest BCUT2D eigenvalue weighted by Gasteiger charge is -2.31. The van der Waals surface area contributed by atoms with Gasteiger partial charge in [-0.15, -0.1) is 0 Å². The molecule has 1 fully saturated rings. The van der Waals surface area contributed by atoms with Crippen LogP contribution in [0.4, 0.5) is 5.69 Å². The number of likely N-dealkylation sites (tertiary alicyclic amines) is 1. The van der Waals surface area contributed by atoms with Gasteiger partial charge >= 0.3 is 0 Å². The summed E-state index contributed by atoms with van der Waals surface area (Å²) in [6.07, 6.45) is 3.29. The molecule has 2 rings (SSSR count). The number of hydrogen-bond donors (Lipinski definition) is 0. The molecule has 0 saturated carbocycles. The van der Waals surface area contributed by atoms with Gasteiger partial charge in [0.15, 0.2) is 0 Å². The van der Waals surface area contributed by atoms with E-state index >= 15 is 0 Å². The molecule has 1 aromatic heterocycles. The highest BCUT2D eigenvalue weighted by Crippen LogP contribution is 2.21. The third-order valence-corrected chi connectivity index (χ3v) is 3.46. The number of piperidine rings is 1. The summed E-state index contributed by atoms with van der Waals surface area (Å²) in [6, 6.07) is 1.32. The van der Waals surface area contributed by atoms with Crippen molar-refractivity contribution in [3.8, 4) is 0 Å². The summed E-state index contributed by atoms with van der Waals surface area (Å²) in [5.41, 5.74) is 0.733. The van der Waals surface area contributed by atoms with Crippen LogP contribution < -0.4 is 0 Å². The quantitative estimate of drug-likeness (QED) is 0.605. The standard InChI is InChI=1S/C13H17N3O3/c1-9-4-3-5-15(8-9)13(17)12-6-11(16(18)19)7-14-10(12)2/h6-7,9H,3-5,8H2,1-2H3. The van der Waals surface area contributed by atoms with Crippen LogP contribution in [0.3, 0.4) is 0 Å². The number of carbonyl (C=O) groups is 1. The van der Waals surface area contributed by atoms with E-state index in [-0.39, 0.29) is 11.6 Å². The topological polar surface area (TPSA) is 76.3 Å². The fourth-order valence-corrected chi connectivity index (χ4v) is 2.38. The first kappa shape index (κ1) is 13.5. The van der Waals surface area contributed by atoms with E-state index in [1.165, 1.54) is 12.3 Å². The zero-order valence-corrected chi connectivity index (χ0v) is 11.1. The van der Waals surface area contributed by atoms with E-state index in [0.29, 0.717) is 30.3 Å². The molecule has 6 heteroatoms. The van der Waals surface area contributed by atoms with Crippen molar-refractivity contribution in [1.29, 1.82) is 0 Å². The molecule has 102 valence electrons. The first-order chi connectivity index (χ1) is 8.99. The van der Waals surface area contributed by atoms with Crippen molar-refractivity contribution in [2.24, 2.45) is 5.92 Å². The second-order valence-corrected chi connectivity index (χ2v) is 5.08. The average Bonchev–Trinajstić information content (AvgIpc) is 2.38. The Morgan fingerprint density at radius 2 is 2.32 bits per heavy atom. The Morgan fingerprint density at radius 1 is 1.58 bits per heavy atom. The van der Waals surface area contributed by atoms with E-state index in [2.05, 4.69) is 11.9 Å². The molecule has 1 saturated heterocycles. The molecule has 0 radical (unpaired) electrons. The van der Waals surface area contributed by atoms with E-state index in [1.807, 2.05) is 0 Å². The van der Waals surface area contributed by atoms with E-state index in [0.717, 1.165) is 12.8 Å². The van der Waals surface area contributed by atoms with Gasteiger partial charge in [-0.1, -0.05) is 6.92 Å². The normalized spacial score (nSPS) is 19.3. The van der Waals surface area contributed by atoms with Crippen LogP contribution in [0, 0.1) is 23.0 Å². The molecule has 0 bridgehead atoms. The summed E-state index contributed by atoms with van der Waals surface area (Å²) in [5.74, 6) is 0.324. The van der Waals surface area contributed by atoms with Crippen LogP contribution in [0.25, 0.3) is 0 Å². The van der Waals surface area contributed by atoms with Crippen LogP contribution in [0.5, 0.6) is 0 Å². The molecule has 0 aliphatic carbocycles. The minimum Gasteiger partial charge on any atom is -0.338 e. The maximum atomic E-state index is 12.4. The highest BCUT2D eigenvalue weighted by molar-refractivity contribution is 5.95. The van der Waals surface area contributed by atoms with Gasteiger partial charge < -0.3 is 4.90 Å². The highest BCUT2D eigenvalue weighted by Gasteiger charge is 2.25. The summed E-state index contributed by atoms with van der Waals surface area (Å²) >= 11 is 0. The van der Waals surface area contributed by atoms with Crippen LogP contribution in [-0.4, -0.2) is 33.8 Å². The maximum absolute atomic E-state index is 12.4. The van der Waals surface area contributed by atoms with Crippen molar-refractivity contribution >= 4 is 11.6 Å². The zero-order chi connectivity index (χ0) is 14.0. The van der Waals surface area contributed by atoms with Crippen LogP contribution in [0.1, 0.15) is 35.8 Å². The molecule has 1 aromatic rings. The monoisotopic (exact) mass is 263 g/mol. The molecule has 0 N–H and O–H groups in total. The maximum Gasteiger partial charge on any atom is 0.288 e. The zero-order valence-electron chi connectivity index (χ0n) is 11.1. The van der Waals surface area contributed by atoms with Gasteiger partial charge in [-0.3, -0.25) is 19.9 Å². The molecule has 1 aliphatic rings. The third kappa shape index (κ3) is 2.89. The lowest BCUT2D eigenvalue weighted by Crippen LogP contribution is -2.39. The number of amides is 1. The van der Waals surface area contributed by atoms with E-state index in [9.17, 15) is 14.9 Å². The molecule has 1 unspecified atom stereocenters. The van der Waals surface area contributed by atoms with Crippen molar-refractivity contribution in [3.63, 3.8) is 0 Å². The Balaban J connectivity index is 2.27. The number of nitrogens with zero attached hydrogens (tertiary/aromatic N) is 3. The number of rotatable bonds is 2. The van der Waals surface area contributed by atoms with Crippen molar-refractivity contribution in [1.82, 2.24) is 9.88 Å². The molecular formula is C13H17N3O3. The van der Waals surface area contributed by atoms with Gasteiger partial charge in [-0.05, 0) is 25.7 Å². The number of nitro groups is 1. The van der Waals surface area contributed by atoms with Crippen molar-refractivity contribution in [2.75, 3.05) is 13.1 Å². The Kier molecular flexibility index (Phi) is 3.78. The lowest BCUT2D eigenvalue weighted by atomic mass is 9.99. The van der Waals surface area contributed by atoms with Gasteiger partial charge in [0.25, 0.3) is 11.6 Å². The predicted octanol–water partition coefficient (Wildman–Crippen LogP) is 2.17. The Labute approximate surface area is 111 Å². The molecule has 19 heavy (non-hydrogen) atoms. The van der Waals surface area contributed by atoms with Crippen LogP contribution in [0.15, 0.2) is 12.3 Å². The van der Waals surface area contributed by atoms with E-state index < -0.39 is 4.92 Å². The Bertz CT molecular complexity index is 516. The fraction of sp³-hybridized carbons (Fsp3) is 0.538. The van der Waals surface area contributed by atoms with Crippen LogP contribution in [-0.2, 0) is 0 Å². The summed E-state index contributed by atoms with van der Waals surface area (Å²) in [7, 11) is 0. The van der Waals surface area contributed by atoms with Crippen molar-refractivity contribution in [2.45, 2.75) is 26.7 Å². The number of aryl methyl sites for hydroxylation is 1. The first-order valence-electron chi connectivity index (χ1n) is 6.39. The first-order valence-corrected chi connectivity index (χ1v) is 6.39. The van der Waals surface area contributed by atoms with E-state index in [1.54, 1.807) is 11.8 Å². The molecule has 1 atom stereocenters. The smallest absolute Gasteiger partial charge is 0.288 e. The Hall–Kier alpha value is -1.98. The van der Waals surface area contributed by atoms with Crippen molar-refractivity contribution < 1.29 is 9.72 Å². The summed E-state index contributed by atoms with van der Waals surface area (Å²) < 4.78 is 0. The minimum absolute atomic E-state index is 0.140. The number of carbonyl (C=O) groups excluding carboxylic acids is 1. The van der Waals surface area contributed by atoms with Gasteiger partial charge in [-0.2, -0.15) is 0 Å². The predicted molar refractivity (Wildman–Crippen MR) is 69.9 cm³/mol. The average molecular weight is 263 g/mol. The SMILES string of the molecule is Cc1ncc([N+](=O)[O-])cc1C(=O)N1CCCC(C)C1. The number of hydrogen-bond acceptors (Lipinski definition) is 4. The molecule has 6 nitrogen and oxygen atoms in total. The Morgan fingerprint density at radius 3 is 2.95 bits per heavy atom. The minimum atomic E-state index is -0.526. The van der Waals surface area contributed by atoms with Gasteiger partial charge in [0.2, 0.25) is 0 Å². The summed E-state index contributed by atoms with van der Waals surface area (Å²) in [5, 5.41) is 10.8. The molecule has 1 aliphatic heterocycles. The van der Waals surface area contributed by atoms with Gasteiger partial charge in [-0.25, -0.2) is 0 Å². The van der Waals surface area contributed by atoms with E-state index in [4.69, 9.17) is 0 Å². The van der Waals surface area contributed by atoms with Gasteiger partial charge in [0, 0.05) is 19.2 Å². The molecule has 2 heterocycles. The molecule has 1 amide bonds. The largest absolute Gasteiger partial charge is 0.338 e. The highest BCUT2D eigenvalue weighted by atomic mass is 16.6. The van der Waals surface area contributed by atoms with Crippen LogP contribution in [0.2, 0.25) is 0 Å². The molecular weight excluding hydrogens is 246 g/mol. The fourth-order valence-electron chi connectivity index (χ4n) is 2.38. The molecule has 0 spiro atoms.